The molecule has 0 saturated carbocycles. The topological polar surface area (TPSA) is 94.8 Å². The average Bonchev–Trinajstić information content (AvgIpc) is 3.41. The molecule has 2 heterocycles. The minimum Gasteiger partial charge on any atom is -0.406 e. The van der Waals surface area contributed by atoms with Gasteiger partial charge in [0.2, 0.25) is 0 Å². The molecular weight excluding hydrogens is 433 g/mol. The number of carbonyl (C=O) groups is 1. The Hall–Kier alpha value is -3.80. The van der Waals surface area contributed by atoms with Crippen LogP contribution in [-0.2, 0) is 6.42 Å². The second kappa shape index (κ2) is 8.52. The molecule has 0 spiro atoms. The predicted molar refractivity (Wildman–Crippen MR) is 105 cm³/mol. The smallest absolute Gasteiger partial charge is 0.406 e. The van der Waals surface area contributed by atoms with Gasteiger partial charge < -0.3 is 4.74 Å². The zero-order valence-electron chi connectivity index (χ0n) is 15.6. The number of nitrogens with one attached hydrogen (secondary N) is 1. The highest BCUT2D eigenvalue weighted by molar-refractivity contribution is 7.15. The lowest BCUT2D eigenvalue weighted by molar-refractivity contribution is -0.274. The fraction of sp³-hybridized carbons (Fsp3) is 0.105. The van der Waals surface area contributed by atoms with E-state index < -0.39 is 6.36 Å². The van der Waals surface area contributed by atoms with Crippen molar-refractivity contribution in [3.05, 3.63) is 77.1 Å². The number of rotatable bonds is 6. The number of hydrogen-bond acceptors (Lipinski definition) is 7. The summed E-state index contributed by atoms with van der Waals surface area (Å²) in [6, 6.07) is 12.4. The van der Waals surface area contributed by atoms with Crippen LogP contribution in [0.5, 0.6) is 5.75 Å². The van der Waals surface area contributed by atoms with E-state index in [0.717, 1.165) is 10.4 Å². The number of halogens is 3. The maximum Gasteiger partial charge on any atom is 0.573 e. The van der Waals surface area contributed by atoms with Crippen LogP contribution in [0, 0.1) is 0 Å². The minimum atomic E-state index is -4.72. The molecule has 4 aromatic rings. The lowest BCUT2D eigenvalue weighted by Crippen LogP contribution is -2.17. The molecule has 1 N–H and O–H groups in total. The van der Waals surface area contributed by atoms with Crippen LogP contribution < -0.4 is 10.1 Å². The van der Waals surface area contributed by atoms with Gasteiger partial charge in [0.15, 0.2) is 5.13 Å². The van der Waals surface area contributed by atoms with E-state index in [4.69, 9.17) is 0 Å². The first kappa shape index (κ1) is 20.5. The van der Waals surface area contributed by atoms with Crippen molar-refractivity contribution in [1.82, 2.24) is 25.2 Å². The summed E-state index contributed by atoms with van der Waals surface area (Å²) < 4.78 is 42.0. The summed E-state index contributed by atoms with van der Waals surface area (Å²) in [5, 5.41) is 14.1. The van der Waals surface area contributed by atoms with Gasteiger partial charge in [-0.3, -0.25) is 10.1 Å². The van der Waals surface area contributed by atoms with E-state index in [0.29, 0.717) is 22.8 Å². The molecule has 0 aliphatic heterocycles. The molecule has 2 aromatic carbocycles. The molecule has 0 aliphatic rings. The van der Waals surface area contributed by atoms with E-state index in [9.17, 15) is 18.0 Å². The number of benzene rings is 2. The lowest BCUT2D eigenvalue weighted by Gasteiger charge is -2.08. The summed E-state index contributed by atoms with van der Waals surface area (Å²) in [6.45, 7) is 0. The Labute approximate surface area is 177 Å². The molecule has 0 saturated heterocycles. The second-order valence-electron chi connectivity index (χ2n) is 6.26. The lowest BCUT2D eigenvalue weighted by atomic mass is 10.1. The van der Waals surface area contributed by atoms with Crippen LogP contribution in [0.1, 0.15) is 20.8 Å². The van der Waals surface area contributed by atoms with Crippen LogP contribution >= 0.6 is 11.3 Å². The number of hydrogen-bond donors (Lipinski definition) is 1. The van der Waals surface area contributed by atoms with Gasteiger partial charge in [-0.05, 0) is 46.3 Å². The summed E-state index contributed by atoms with van der Waals surface area (Å²) in [4.78, 5) is 17.6. The normalized spacial score (nSPS) is 11.3. The molecule has 1 amide bonds. The molecule has 0 aliphatic carbocycles. The van der Waals surface area contributed by atoms with Gasteiger partial charge >= 0.3 is 6.36 Å². The SMILES string of the molecule is O=C(Nc1ncc(Cc2ccc(OC(F)(F)F)cc2)s1)c1cccc(-n2cnnn2)c1. The van der Waals surface area contributed by atoms with Gasteiger partial charge in [-0.2, -0.15) is 0 Å². The van der Waals surface area contributed by atoms with Gasteiger partial charge in [-0.15, -0.1) is 29.6 Å². The minimum absolute atomic E-state index is 0.280. The molecule has 12 heteroatoms. The third-order valence-corrected chi connectivity index (χ3v) is 4.94. The van der Waals surface area contributed by atoms with Crippen molar-refractivity contribution in [2.45, 2.75) is 12.8 Å². The summed E-state index contributed by atoms with van der Waals surface area (Å²) in [5.41, 5.74) is 1.82. The van der Waals surface area contributed by atoms with Gasteiger partial charge in [0.05, 0.1) is 5.69 Å². The zero-order chi connectivity index (χ0) is 21.8. The van der Waals surface area contributed by atoms with Crippen LogP contribution in [-0.4, -0.2) is 37.5 Å². The number of aromatic nitrogens is 5. The van der Waals surface area contributed by atoms with Crippen molar-refractivity contribution in [2.75, 3.05) is 5.32 Å². The predicted octanol–water partition coefficient (Wildman–Crippen LogP) is 3.86. The van der Waals surface area contributed by atoms with Gasteiger partial charge in [0.1, 0.15) is 12.1 Å². The third-order valence-electron chi connectivity index (χ3n) is 4.03. The molecular formula is C19H13F3N6O2S. The molecule has 0 fully saturated rings. The summed E-state index contributed by atoms with van der Waals surface area (Å²) in [6.07, 6.45) is -1.24. The Morgan fingerprint density at radius 3 is 2.68 bits per heavy atom. The maximum absolute atomic E-state index is 12.5. The van der Waals surface area contributed by atoms with Gasteiger partial charge in [-0.25, -0.2) is 9.67 Å². The Balaban J connectivity index is 1.39. The summed E-state index contributed by atoms with van der Waals surface area (Å²) in [7, 11) is 0. The van der Waals surface area contributed by atoms with Crippen LogP contribution in [0.3, 0.4) is 0 Å². The monoisotopic (exact) mass is 446 g/mol. The maximum atomic E-state index is 12.5. The highest BCUT2D eigenvalue weighted by atomic mass is 32.1. The Kier molecular flexibility index (Phi) is 5.62. The number of nitrogens with zero attached hydrogens (tertiary/aromatic N) is 5. The number of ether oxygens (including phenoxy) is 1. The van der Waals surface area contributed by atoms with Crippen molar-refractivity contribution >= 4 is 22.4 Å². The van der Waals surface area contributed by atoms with E-state index in [2.05, 4.69) is 30.6 Å². The zero-order valence-corrected chi connectivity index (χ0v) is 16.4. The van der Waals surface area contributed by atoms with Crippen molar-refractivity contribution in [3.8, 4) is 11.4 Å². The van der Waals surface area contributed by atoms with Crippen LogP contribution in [0.15, 0.2) is 61.1 Å². The molecule has 8 nitrogen and oxygen atoms in total. The number of alkyl halides is 3. The highest BCUT2D eigenvalue weighted by Crippen LogP contribution is 2.25. The fourth-order valence-corrected chi connectivity index (χ4v) is 3.54. The number of carbonyl (C=O) groups excluding carboxylic acids is 1. The van der Waals surface area contributed by atoms with E-state index in [1.807, 2.05) is 0 Å². The van der Waals surface area contributed by atoms with E-state index in [-0.39, 0.29) is 11.7 Å². The Morgan fingerprint density at radius 1 is 1.16 bits per heavy atom. The standard InChI is InChI=1S/C19H13F3N6O2S/c20-19(21,22)30-15-6-4-12(5-7-15)8-16-10-23-18(31-16)25-17(29)13-2-1-3-14(9-13)28-11-24-26-27-28/h1-7,9-11H,8H2,(H,23,25,29). The molecule has 0 bridgehead atoms. The number of anilines is 1. The fourth-order valence-electron chi connectivity index (χ4n) is 2.70. The first-order valence-electron chi connectivity index (χ1n) is 8.80. The molecule has 0 atom stereocenters. The Morgan fingerprint density at radius 2 is 1.97 bits per heavy atom. The van der Waals surface area contributed by atoms with Crippen LogP contribution in [0.2, 0.25) is 0 Å². The third kappa shape index (κ3) is 5.42. The van der Waals surface area contributed by atoms with Crippen molar-refractivity contribution in [3.63, 3.8) is 0 Å². The van der Waals surface area contributed by atoms with Crippen LogP contribution in [0.4, 0.5) is 18.3 Å². The highest BCUT2D eigenvalue weighted by Gasteiger charge is 2.30. The van der Waals surface area contributed by atoms with E-state index >= 15 is 0 Å². The first-order valence-corrected chi connectivity index (χ1v) is 9.61. The molecule has 0 radical (unpaired) electrons. The second-order valence-corrected chi connectivity index (χ2v) is 7.37. The number of tetrazole rings is 1. The molecule has 31 heavy (non-hydrogen) atoms. The summed E-state index contributed by atoms with van der Waals surface area (Å²) >= 11 is 1.28. The molecule has 0 unspecified atom stereocenters. The van der Waals surface area contributed by atoms with Crippen molar-refractivity contribution < 1.29 is 22.7 Å². The average molecular weight is 446 g/mol. The van der Waals surface area contributed by atoms with Gasteiger partial charge in [0.25, 0.3) is 5.91 Å². The van der Waals surface area contributed by atoms with Crippen molar-refractivity contribution in [1.29, 1.82) is 0 Å². The number of amides is 1. The summed E-state index contributed by atoms with van der Waals surface area (Å²) in [5.74, 6) is -0.623. The molecule has 158 valence electrons. The van der Waals surface area contributed by atoms with Gasteiger partial charge in [-0.1, -0.05) is 18.2 Å². The van der Waals surface area contributed by atoms with Gasteiger partial charge in [0, 0.05) is 23.1 Å². The quantitative estimate of drug-likeness (QED) is 0.483. The van der Waals surface area contributed by atoms with Crippen LogP contribution in [0.25, 0.3) is 5.69 Å². The largest absolute Gasteiger partial charge is 0.573 e. The van der Waals surface area contributed by atoms with E-state index in [1.54, 1.807) is 42.6 Å². The molecule has 2 aromatic heterocycles. The molecule has 4 rings (SSSR count). The first-order chi connectivity index (χ1) is 14.9. The number of thiazole rings is 1. The Bertz CT molecular complexity index is 1180. The van der Waals surface area contributed by atoms with E-state index in [1.165, 1.54) is 34.5 Å². The van der Waals surface area contributed by atoms with Crippen molar-refractivity contribution in [2.24, 2.45) is 0 Å².